The van der Waals surface area contributed by atoms with E-state index in [-0.39, 0.29) is 0 Å². The minimum Gasteiger partial charge on any atom is -0.330 e. The van der Waals surface area contributed by atoms with Crippen molar-refractivity contribution in [1.29, 1.82) is 0 Å². The highest BCUT2D eigenvalue weighted by Gasteiger charge is 1.92. The van der Waals surface area contributed by atoms with Crippen molar-refractivity contribution in [3.05, 3.63) is 12.2 Å². The van der Waals surface area contributed by atoms with E-state index in [0.717, 1.165) is 25.3 Å². The van der Waals surface area contributed by atoms with E-state index in [9.17, 15) is 0 Å². The summed E-state index contributed by atoms with van der Waals surface area (Å²) in [6, 6.07) is 0. The third-order valence-corrected chi connectivity index (χ3v) is 1.78. The predicted molar refractivity (Wildman–Crippen MR) is 51.5 cm³/mol. The first-order valence-corrected chi connectivity index (χ1v) is 4.68. The van der Waals surface area contributed by atoms with Crippen molar-refractivity contribution in [2.75, 3.05) is 6.54 Å². The van der Waals surface area contributed by atoms with E-state index < -0.39 is 0 Å². The van der Waals surface area contributed by atoms with E-state index in [2.05, 4.69) is 26.0 Å². The summed E-state index contributed by atoms with van der Waals surface area (Å²) in [5, 5.41) is 0. The molecule has 0 saturated heterocycles. The number of nitrogens with two attached hydrogens (primary N) is 1. The zero-order valence-electron chi connectivity index (χ0n) is 7.84. The van der Waals surface area contributed by atoms with E-state index in [1.54, 1.807) is 0 Å². The number of rotatable bonds is 6. The van der Waals surface area contributed by atoms with Crippen LogP contribution in [0.3, 0.4) is 0 Å². The van der Waals surface area contributed by atoms with E-state index in [1.807, 2.05) is 0 Å². The van der Waals surface area contributed by atoms with Crippen LogP contribution >= 0.6 is 0 Å². The first kappa shape index (κ1) is 10.7. The topological polar surface area (TPSA) is 26.0 Å². The van der Waals surface area contributed by atoms with Crippen molar-refractivity contribution < 1.29 is 0 Å². The molecular weight excluding hydrogens is 134 g/mol. The zero-order valence-corrected chi connectivity index (χ0v) is 7.84. The molecule has 0 bridgehead atoms. The highest BCUT2D eigenvalue weighted by Crippen LogP contribution is 2.06. The van der Waals surface area contributed by atoms with Crippen LogP contribution in [0.2, 0.25) is 0 Å². The molecular formula is C10H21N. The second-order valence-electron chi connectivity index (χ2n) is 3.13. The van der Waals surface area contributed by atoms with Gasteiger partial charge in [-0.05, 0) is 31.7 Å². The first-order chi connectivity index (χ1) is 5.31. The molecule has 0 saturated carbocycles. The molecule has 0 aromatic rings. The van der Waals surface area contributed by atoms with Gasteiger partial charge in [0.1, 0.15) is 0 Å². The van der Waals surface area contributed by atoms with Gasteiger partial charge in [0.25, 0.3) is 0 Å². The Morgan fingerprint density at radius 3 is 2.73 bits per heavy atom. The molecule has 0 rings (SSSR count). The summed E-state index contributed by atoms with van der Waals surface area (Å²) in [4.78, 5) is 0. The van der Waals surface area contributed by atoms with Crippen LogP contribution in [0.25, 0.3) is 0 Å². The summed E-state index contributed by atoms with van der Waals surface area (Å²) in [7, 11) is 0. The SMILES string of the molecule is CCCC(C)/C=C\CCCN. The van der Waals surface area contributed by atoms with Gasteiger partial charge in [0, 0.05) is 0 Å². The molecule has 1 nitrogen and oxygen atoms in total. The summed E-state index contributed by atoms with van der Waals surface area (Å²) in [6.07, 6.45) is 9.41. The fourth-order valence-corrected chi connectivity index (χ4v) is 1.12. The maximum absolute atomic E-state index is 5.37. The highest BCUT2D eigenvalue weighted by molar-refractivity contribution is 4.85. The van der Waals surface area contributed by atoms with Gasteiger partial charge in [-0.3, -0.25) is 0 Å². The molecule has 0 aliphatic heterocycles. The molecule has 0 radical (unpaired) electrons. The standard InChI is InChI=1S/C10H21N/c1-3-7-10(2)8-5-4-6-9-11/h5,8,10H,3-4,6-7,9,11H2,1-2H3/b8-5-. The molecule has 0 aliphatic carbocycles. The molecule has 0 aromatic heterocycles. The molecule has 0 fully saturated rings. The lowest BCUT2D eigenvalue weighted by Gasteiger charge is -2.01. The van der Waals surface area contributed by atoms with Gasteiger partial charge in [-0.25, -0.2) is 0 Å². The van der Waals surface area contributed by atoms with Gasteiger partial charge < -0.3 is 5.73 Å². The largest absolute Gasteiger partial charge is 0.330 e. The lowest BCUT2D eigenvalue weighted by Crippen LogP contribution is -1.96. The molecule has 66 valence electrons. The summed E-state index contributed by atoms with van der Waals surface area (Å²) < 4.78 is 0. The van der Waals surface area contributed by atoms with Crippen molar-refractivity contribution in [2.45, 2.75) is 39.5 Å². The van der Waals surface area contributed by atoms with Crippen LogP contribution in [0.1, 0.15) is 39.5 Å². The first-order valence-electron chi connectivity index (χ1n) is 4.68. The van der Waals surface area contributed by atoms with E-state index in [4.69, 9.17) is 5.73 Å². The number of unbranched alkanes of at least 4 members (excludes halogenated alkanes) is 1. The minimum absolute atomic E-state index is 0.748. The second-order valence-corrected chi connectivity index (χ2v) is 3.13. The molecule has 0 aromatic carbocycles. The lowest BCUT2D eigenvalue weighted by atomic mass is 10.1. The smallest absolute Gasteiger partial charge is 0.00743 e. The molecule has 1 atom stereocenters. The summed E-state index contributed by atoms with van der Waals surface area (Å²) in [5.74, 6) is 0.748. The Balaban J connectivity index is 3.24. The van der Waals surface area contributed by atoms with Crippen LogP contribution in [-0.4, -0.2) is 6.54 Å². The Morgan fingerprint density at radius 1 is 1.45 bits per heavy atom. The average molecular weight is 155 g/mol. The van der Waals surface area contributed by atoms with Gasteiger partial charge in [-0.1, -0.05) is 32.4 Å². The molecule has 0 heterocycles. The molecule has 1 unspecified atom stereocenters. The Kier molecular flexibility index (Phi) is 7.59. The monoisotopic (exact) mass is 155 g/mol. The molecule has 0 amide bonds. The van der Waals surface area contributed by atoms with Crippen molar-refractivity contribution in [1.82, 2.24) is 0 Å². The Bertz CT molecular complexity index is 97.0. The number of allylic oxidation sites excluding steroid dienone is 2. The molecule has 0 aliphatic rings. The van der Waals surface area contributed by atoms with E-state index >= 15 is 0 Å². The number of hydrogen-bond acceptors (Lipinski definition) is 1. The molecule has 11 heavy (non-hydrogen) atoms. The van der Waals surface area contributed by atoms with E-state index in [0.29, 0.717) is 0 Å². The second kappa shape index (κ2) is 7.80. The average Bonchev–Trinajstić information content (AvgIpc) is 1.99. The Labute approximate surface area is 70.7 Å². The Morgan fingerprint density at radius 2 is 2.18 bits per heavy atom. The van der Waals surface area contributed by atoms with Gasteiger partial charge in [0.05, 0.1) is 0 Å². The van der Waals surface area contributed by atoms with Crippen LogP contribution in [-0.2, 0) is 0 Å². The van der Waals surface area contributed by atoms with Gasteiger partial charge in [-0.2, -0.15) is 0 Å². The van der Waals surface area contributed by atoms with Crippen LogP contribution in [0.4, 0.5) is 0 Å². The van der Waals surface area contributed by atoms with Gasteiger partial charge in [-0.15, -0.1) is 0 Å². The minimum atomic E-state index is 0.748. The number of hydrogen-bond donors (Lipinski definition) is 1. The van der Waals surface area contributed by atoms with Crippen LogP contribution in [0.5, 0.6) is 0 Å². The fourth-order valence-electron chi connectivity index (χ4n) is 1.12. The molecule has 2 N–H and O–H groups in total. The Hall–Kier alpha value is -0.300. The van der Waals surface area contributed by atoms with Gasteiger partial charge in [0.2, 0.25) is 0 Å². The highest BCUT2D eigenvalue weighted by atomic mass is 14.5. The van der Waals surface area contributed by atoms with Crippen molar-refractivity contribution >= 4 is 0 Å². The van der Waals surface area contributed by atoms with E-state index in [1.165, 1.54) is 12.8 Å². The fraction of sp³-hybridized carbons (Fsp3) is 0.800. The normalized spacial score (nSPS) is 14.1. The zero-order chi connectivity index (χ0) is 8.53. The maximum atomic E-state index is 5.37. The summed E-state index contributed by atoms with van der Waals surface area (Å²) >= 11 is 0. The predicted octanol–water partition coefficient (Wildman–Crippen LogP) is 2.72. The van der Waals surface area contributed by atoms with Gasteiger partial charge in [0.15, 0.2) is 0 Å². The quantitative estimate of drug-likeness (QED) is 0.463. The van der Waals surface area contributed by atoms with Crippen LogP contribution < -0.4 is 5.73 Å². The third-order valence-electron chi connectivity index (χ3n) is 1.78. The van der Waals surface area contributed by atoms with Gasteiger partial charge >= 0.3 is 0 Å². The van der Waals surface area contributed by atoms with Crippen LogP contribution in [0, 0.1) is 5.92 Å². The summed E-state index contributed by atoms with van der Waals surface area (Å²) in [5.41, 5.74) is 5.37. The van der Waals surface area contributed by atoms with Crippen molar-refractivity contribution in [3.8, 4) is 0 Å². The lowest BCUT2D eigenvalue weighted by molar-refractivity contribution is 0.631. The van der Waals surface area contributed by atoms with Crippen molar-refractivity contribution in [3.63, 3.8) is 0 Å². The van der Waals surface area contributed by atoms with Crippen LogP contribution in [0.15, 0.2) is 12.2 Å². The third kappa shape index (κ3) is 7.60. The van der Waals surface area contributed by atoms with Crippen molar-refractivity contribution in [2.24, 2.45) is 11.7 Å². The summed E-state index contributed by atoms with van der Waals surface area (Å²) in [6.45, 7) is 5.30. The molecule has 0 spiro atoms. The maximum Gasteiger partial charge on any atom is -0.00743 e. The molecule has 1 heteroatoms.